The molecule has 1 atom stereocenters. The van der Waals surface area contributed by atoms with Crippen molar-refractivity contribution in [3.05, 3.63) is 32.6 Å². The van der Waals surface area contributed by atoms with E-state index in [2.05, 4.69) is 49.1 Å². The number of anilines is 1. The van der Waals surface area contributed by atoms with Crippen LogP contribution < -0.4 is 10.2 Å². The molecule has 1 fully saturated rings. The van der Waals surface area contributed by atoms with Crippen LogP contribution in [0.3, 0.4) is 0 Å². The molecule has 0 bridgehead atoms. The predicted molar refractivity (Wildman–Crippen MR) is 100 cm³/mol. The van der Waals surface area contributed by atoms with Crippen molar-refractivity contribution in [2.24, 2.45) is 7.05 Å². The number of nitrogens with zero attached hydrogens (tertiary/aromatic N) is 3. The second kappa shape index (κ2) is 7.25. The molecule has 3 heterocycles. The molecule has 0 spiro atoms. The lowest BCUT2D eigenvalue weighted by molar-refractivity contribution is 0.122. The normalized spacial score (nSPS) is 16.6. The molecular weight excluding hydrogens is 320 g/mol. The van der Waals surface area contributed by atoms with E-state index >= 15 is 0 Å². The van der Waals surface area contributed by atoms with Crippen molar-refractivity contribution in [2.75, 3.05) is 31.2 Å². The van der Waals surface area contributed by atoms with Crippen LogP contribution in [-0.4, -0.2) is 36.1 Å². The summed E-state index contributed by atoms with van der Waals surface area (Å²) in [5.41, 5.74) is 3.82. The second-order valence-electron chi connectivity index (χ2n) is 6.58. The highest BCUT2D eigenvalue weighted by Gasteiger charge is 2.22. The number of ether oxygens (including phenoxy) is 1. The van der Waals surface area contributed by atoms with Crippen LogP contribution >= 0.6 is 11.3 Å². The van der Waals surface area contributed by atoms with Gasteiger partial charge in [-0.15, -0.1) is 11.3 Å². The Morgan fingerprint density at radius 2 is 2.00 bits per heavy atom. The second-order valence-corrected chi connectivity index (χ2v) is 8.04. The molecule has 1 aliphatic heterocycles. The fourth-order valence-corrected chi connectivity index (χ4v) is 4.54. The van der Waals surface area contributed by atoms with Crippen LogP contribution in [0.4, 0.5) is 5.82 Å². The molecule has 0 amide bonds. The van der Waals surface area contributed by atoms with Crippen LogP contribution in [0.1, 0.15) is 39.5 Å². The molecular formula is C18H28N4OS. The average Bonchev–Trinajstić information content (AvgIpc) is 3.03. The molecule has 0 aromatic carbocycles. The number of aromatic nitrogens is 2. The van der Waals surface area contributed by atoms with Gasteiger partial charge in [-0.3, -0.25) is 4.68 Å². The Morgan fingerprint density at radius 1 is 1.29 bits per heavy atom. The molecule has 0 aliphatic carbocycles. The number of nitrogens with one attached hydrogen (secondary N) is 1. The summed E-state index contributed by atoms with van der Waals surface area (Å²) < 4.78 is 7.51. The first kappa shape index (κ1) is 17.5. The zero-order valence-corrected chi connectivity index (χ0v) is 16.2. The molecule has 0 radical (unpaired) electrons. The lowest BCUT2D eigenvalue weighted by atomic mass is 10.1. The summed E-state index contributed by atoms with van der Waals surface area (Å²) >= 11 is 1.87. The smallest absolute Gasteiger partial charge is 0.131 e. The van der Waals surface area contributed by atoms with Crippen molar-refractivity contribution in [1.82, 2.24) is 15.1 Å². The predicted octanol–water partition coefficient (Wildman–Crippen LogP) is 3.09. The van der Waals surface area contributed by atoms with Crippen molar-refractivity contribution in [1.29, 1.82) is 0 Å². The van der Waals surface area contributed by atoms with Crippen molar-refractivity contribution in [2.45, 2.75) is 40.3 Å². The monoisotopic (exact) mass is 348 g/mol. The van der Waals surface area contributed by atoms with Gasteiger partial charge in [-0.05, 0) is 39.3 Å². The van der Waals surface area contributed by atoms with Gasteiger partial charge in [0.05, 0.1) is 18.9 Å². The van der Waals surface area contributed by atoms with E-state index in [1.807, 2.05) is 23.1 Å². The van der Waals surface area contributed by atoms with Crippen LogP contribution in [0.5, 0.6) is 0 Å². The lowest BCUT2D eigenvalue weighted by Crippen LogP contribution is -2.38. The average molecular weight is 349 g/mol. The lowest BCUT2D eigenvalue weighted by Gasteiger charge is -2.30. The van der Waals surface area contributed by atoms with Gasteiger partial charge in [0.1, 0.15) is 5.82 Å². The highest BCUT2D eigenvalue weighted by molar-refractivity contribution is 7.12. The first-order valence-electron chi connectivity index (χ1n) is 8.63. The first-order valence-corrected chi connectivity index (χ1v) is 9.44. The van der Waals surface area contributed by atoms with Crippen LogP contribution in [0.25, 0.3) is 0 Å². The Balaban J connectivity index is 1.76. The minimum absolute atomic E-state index is 0.340. The van der Waals surface area contributed by atoms with Gasteiger partial charge in [-0.25, -0.2) is 0 Å². The summed E-state index contributed by atoms with van der Waals surface area (Å²) in [5.74, 6) is 1.23. The molecule has 132 valence electrons. The van der Waals surface area contributed by atoms with E-state index in [-0.39, 0.29) is 0 Å². The molecule has 5 nitrogen and oxygen atoms in total. The third kappa shape index (κ3) is 3.50. The summed E-state index contributed by atoms with van der Waals surface area (Å²) in [6, 6.07) is 2.64. The number of hydrogen-bond acceptors (Lipinski definition) is 5. The maximum absolute atomic E-state index is 5.49. The summed E-state index contributed by atoms with van der Waals surface area (Å²) in [6.45, 7) is 13.0. The van der Waals surface area contributed by atoms with Gasteiger partial charge < -0.3 is 15.0 Å². The highest BCUT2D eigenvalue weighted by Crippen LogP contribution is 2.28. The van der Waals surface area contributed by atoms with E-state index in [1.165, 1.54) is 26.7 Å². The highest BCUT2D eigenvalue weighted by atomic mass is 32.1. The number of rotatable bonds is 5. The van der Waals surface area contributed by atoms with Gasteiger partial charge in [0.2, 0.25) is 0 Å². The molecule has 1 aliphatic rings. The Bertz CT molecular complexity index is 700. The SMILES string of the molecule is Cc1cc([C@H](C)NCc2c(C)nn(C)c2N2CCOCC2)c(C)s1. The number of thiophene rings is 1. The van der Waals surface area contributed by atoms with Gasteiger partial charge in [-0.1, -0.05) is 0 Å². The third-order valence-corrected chi connectivity index (χ3v) is 5.74. The zero-order valence-electron chi connectivity index (χ0n) is 15.3. The van der Waals surface area contributed by atoms with Gasteiger partial charge >= 0.3 is 0 Å². The Morgan fingerprint density at radius 3 is 2.62 bits per heavy atom. The Kier molecular flexibility index (Phi) is 5.27. The van der Waals surface area contributed by atoms with E-state index in [0.717, 1.165) is 38.5 Å². The molecule has 3 rings (SSSR count). The zero-order chi connectivity index (χ0) is 17.3. The molecule has 1 N–H and O–H groups in total. The van der Waals surface area contributed by atoms with Crippen molar-refractivity contribution >= 4 is 17.2 Å². The van der Waals surface area contributed by atoms with Gasteiger partial charge in [0, 0.05) is 48.0 Å². The molecule has 2 aromatic heterocycles. The van der Waals surface area contributed by atoms with Crippen molar-refractivity contribution < 1.29 is 4.74 Å². The van der Waals surface area contributed by atoms with Crippen LogP contribution in [0, 0.1) is 20.8 Å². The summed E-state index contributed by atoms with van der Waals surface area (Å²) in [5, 5.41) is 8.35. The third-order valence-electron chi connectivity index (χ3n) is 4.75. The van der Waals surface area contributed by atoms with Crippen molar-refractivity contribution in [3.63, 3.8) is 0 Å². The van der Waals surface area contributed by atoms with E-state index in [9.17, 15) is 0 Å². The Hall–Kier alpha value is -1.37. The van der Waals surface area contributed by atoms with Crippen LogP contribution in [-0.2, 0) is 18.3 Å². The molecule has 1 saturated heterocycles. The number of hydrogen-bond donors (Lipinski definition) is 1. The van der Waals surface area contributed by atoms with Gasteiger partial charge in [0.15, 0.2) is 0 Å². The molecule has 6 heteroatoms. The molecule has 2 aromatic rings. The van der Waals surface area contributed by atoms with Crippen LogP contribution in [0.15, 0.2) is 6.07 Å². The standard InChI is InChI=1S/C18H28N4OS/c1-12-10-16(15(4)24-12)13(2)19-11-17-14(3)20-21(5)18(17)22-6-8-23-9-7-22/h10,13,19H,6-9,11H2,1-5H3/t13-/m0/s1. The maximum Gasteiger partial charge on any atom is 0.131 e. The van der Waals surface area contributed by atoms with E-state index in [1.54, 1.807) is 0 Å². The quantitative estimate of drug-likeness (QED) is 0.902. The van der Waals surface area contributed by atoms with E-state index < -0.39 is 0 Å². The van der Waals surface area contributed by atoms with E-state index in [0.29, 0.717) is 6.04 Å². The Labute approximate surface area is 148 Å². The van der Waals surface area contributed by atoms with Crippen LogP contribution in [0.2, 0.25) is 0 Å². The minimum Gasteiger partial charge on any atom is -0.378 e. The molecule has 0 saturated carbocycles. The number of aryl methyl sites for hydroxylation is 4. The minimum atomic E-state index is 0.340. The summed E-state index contributed by atoms with van der Waals surface area (Å²) in [4.78, 5) is 5.18. The van der Waals surface area contributed by atoms with Gasteiger partial charge in [0.25, 0.3) is 0 Å². The van der Waals surface area contributed by atoms with Gasteiger partial charge in [-0.2, -0.15) is 5.10 Å². The molecule has 24 heavy (non-hydrogen) atoms. The van der Waals surface area contributed by atoms with Crippen molar-refractivity contribution in [3.8, 4) is 0 Å². The maximum atomic E-state index is 5.49. The largest absolute Gasteiger partial charge is 0.378 e. The summed E-state index contributed by atoms with van der Waals surface area (Å²) in [6.07, 6.45) is 0. The molecule has 0 unspecified atom stereocenters. The topological polar surface area (TPSA) is 42.3 Å². The fourth-order valence-electron chi connectivity index (χ4n) is 3.51. The summed E-state index contributed by atoms with van der Waals surface area (Å²) in [7, 11) is 2.04. The first-order chi connectivity index (χ1) is 11.5. The number of morpholine rings is 1. The fraction of sp³-hybridized carbons (Fsp3) is 0.611. The van der Waals surface area contributed by atoms with E-state index in [4.69, 9.17) is 4.74 Å².